The molecule has 0 bridgehead atoms. The number of nitrogens with one attached hydrogen (secondary N) is 1. The Morgan fingerprint density at radius 1 is 1.30 bits per heavy atom. The topological polar surface area (TPSA) is 55.2 Å². The molecule has 0 aliphatic rings. The normalized spacial score (nSPS) is 12.7. The van der Waals surface area contributed by atoms with E-state index in [4.69, 9.17) is 11.6 Å². The van der Waals surface area contributed by atoms with Gasteiger partial charge in [-0.2, -0.15) is 0 Å². The summed E-state index contributed by atoms with van der Waals surface area (Å²) < 4.78 is 0. The SMILES string of the molecule is CC(C)CCCC(C)NCc1ccc(Cl)cc1[N+](=O)[O-]. The second-order valence-corrected chi connectivity index (χ2v) is 6.07. The Hall–Kier alpha value is -1.13. The Morgan fingerprint density at radius 2 is 2.00 bits per heavy atom. The molecule has 20 heavy (non-hydrogen) atoms. The van der Waals surface area contributed by atoms with Crippen molar-refractivity contribution in [3.05, 3.63) is 38.9 Å². The summed E-state index contributed by atoms with van der Waals surface area (Å²) in [5.41, 5.74) is 0.759. The van der Waals surface area contributed by atoms with E-state index in [0.29, 0.717) is 23.2 Å². The average molecular weight is 299 g/mol. The van der Waals surface area contributed by atoms with Gasteiger partial charge in [0.25, 0.3) is 5.69 Å². The van der Waals surface area contributed by atoms with E-state index >= 15 is 0 Å². The first kappa shape index (κ1) is 16.9. The molecule has 0 spiro atoms. The summed E-state index contributed by atoms with van der Waals surface area (Å²) in [6, 6.07) is 5.16. The lowest BCUT2D eigenvalue weighted by Crippen LogP contribution is -2.25. The van der Waals surface area contributed by atoms with Gasteiger partial charge in [0, 0.05) is 29.2 Å². The van der Waals surface area contributed by atoms with Crippen LogP contribution in [-0.2, 0) is 6.54 Å². The van der Waals surface area contributed by atoms with Gasteiger partial charge in [0.05, 0.1) is 4.92 Å². The van der Waals surface area contributed by atoms with Gasteiger partial charge in [-0.25, -0.2) is 0 Å². The highest BCUT2D eigenvalue weighted by Crippen LogP contribution is 2.23. The number of hydrogen-bond donors (Lipinski definition) is 1. The van der Waals surface area contributed by atoms with Crippen molar-refractivity contribution in [1.29, 1.82) is 0 Å². The molecule has 1 unspecified atom stereocenters. The molecule has 0 amide bonds. The number of nitro groups is 1. The van der Waals surface area contributed by atoms with Crippen LogP contribution in [0.25, 0.3) is 0 Å². The van der Waals surface area contributed by atoms with E-state index in [1.54, 1.807) is 12.1 Å². The fourth-order valence-electron chi connectivity index (χ4n) is 2.07. The highest BCUT2D eigenvalue weighted by atomic mass is 35.5. The molecule has 4 nitrogen and oxygen atoms in total. The number of nitrogens with zero attached hydrogens (tertiary/aromatic N) is 1. The largest absolute Gasteiger partial charge is 0.310 e. The van der Waals surface area contributed by atoms with Crippen molar-refractivity contribution in [3.63, 3.8) is 0 Å². The lowest BCUT2D eigenvalue weighted by Gasteiger charge is -2.14. The molecule has 0 fully saturated rings. The van der Waals surface area contributed by atoms with E-state index < -0.39 is 0 Å². The molecule has 5 heteroatoms. The highest BCUT2D eigenvalue weighted by Gasteiger charge is 2.14. The molecule has 1 atom stereocenters. The van der Waals surface area contributed by atoms with E-state index in [1.165, 1.54) is 18.9 Å². The molecule has 1 aromatic carbocycles. The summed E-state index contributed by atoms with van der Waals surface area (Å²) in [4.78, 5) is 10.6. The molecule has 0 aliphatic heterocycles. The first-order valence-electron chi connectivity index (χ1n) is 7.06. The first-order chi connectivity index (χ1) is 9.40. The Morgan fingerprint density at radius 3 is 2.60 bits per heavy atom. The van der Waals surface area contributed by atoms with Crippen LogP contribution in [0.5, 0.6) is 0 Å². The quantitative estimate of drug-likeness (QED) is 0.565. The van der Waals surface area contributed by atoms with Crippen molar-refractivity contribution in [2.24, 2.45) is 5.92 Å². The zero-order chi connectivity index (χ0) is 15.1. The molecule has 0 saturated heterocycles. The Bertz CT molecular complexity index is 449. The average Bonchev–Trinajstić information content (AvgIpc) is 2.36. The molecule has 0 aliphatic carbocycles. The minimum absolute atomic E-state index is 0.0828. The third kappa shape index (κ3) is 5.88. The minimum Gasteiger partial charge on any atom is -0.310 e. The van der Waals surface area contributed by atoms with Crippen LogP contribution in [0.1, 0.15) is 45.6 Å². The smallest absolute Gasteiger partial charge is 0.275 e. The van der Waals surface area contributed by atoms with Gasteiger partial charge < -0.3 is 5.32 Å². The van der Waals surface area contributed by atoms with E-state index in [9.17, 15) is 10.1 Å². The van der Waals surface area contributed by atoms with Crippen LogP contribution < -0.4 is 5.32 Å². The molecular formula is C15H23ClN2O2. The molecule has 0 saturated carbocycles. The second-order valence-electron chi connectivity index (χ2n) is 5.64. The highest BCUT2D eigenvalue weighted by molar-refractivity contribution is 6.30. The van der Waals surface area contributed by atoms with Crippen LogP contribution in [0, 0.1) is 16.0 Å². The minimum atomic E-state index is -0.383. The van der Waals surface area contributed by atoms with E-state index in [0.717, 1.165) is 12.3 Å². The predicted octanol–water partition coefficient (Wildman–Crippen LogP) is 4.55. The summed E-state index contributed by atoms with van der Waals surface area (Å²) >= 11 is 5.80. The number of halogens is 1. The Balaban J connectivity index is 2.51. The predicted molar refractivity (Wildman–Crippen MR) is 83.1 cm³/mol. The Kier molecular flexibility index (Phi) is 6.96. The molecule has 0 aromatic heterocycles. The number of nitro benzene ring substituents is 1. The number of rotatable bonds is 8. The van der Waals surface area contributed by atoms with Gasteiger partial charge in [-0.15, -0.1) is 0 Å². The van der Waals surface area contributed by atoms with Crippen molar-refractivity contribution in [2.45, 2.75) is 52.6 Å². The van der Waals surface area contributed by atoms with Crippen molar-refractivity contribution >= 4 is 17.3 Å². The van der Waals surface area contributed by atoms with Crippen LogP contribution in [0.2, 0.25) is 5.02 Å². The van der Waals surface area contributed by atoms with Gasteiger partial charge in [0.1, 0.15) is 0 Å². The van der Waals surface area contributed by atoms with Crippen LogP contribution in [0.4, 0.5) is 5.69 Å². The molecule has 0 radical (unpaired) electrons. The first-order valence-corrected chi connectivity index (χ1v) is 7.44. The summed E-state index contributed by atoms with van der Waals surface area (Å²) in [6.07, 6.45) is 3.47. The third-order valence-corrected chi connectivity index (χ3v) is 3.54. The summed E-state index contributed by atoms with van der Waals surface area (Å²) in [6.45, 7) is 7.04. The van der Waals surface area contributed by atoms with Gasteiger partial charge in [0.2, 0.25) is 0 Å². The summed E-state index contributed by atoms with van der Waals surface area (Å²) in [5, 5.41) is 14.7. The molecule has 0 heterocycles. The van der Waals surface area contributed by atoms with E-state index in [2.05, 4.69) is 26.1 Å². The van der Waals surface area contributed by atoms with Crippen molar-refractivity contribution < 1.29 is 4.92 Å². The molecule has 1 rings (SSSR count). The maximum atomic E-state index is 11.0. The zero-order valence-corrected chi connectivity index (χ0v) is 13.1. The summed E-state index contributed by atoms with van der Waals surface area (Å²) in [7, 11) is 0. The standard InChI is InChI=1S/C15H23ClN2O2/c1-11(2)5-4-6-12(3)17-10-13-7-8-14(16)9-15(13)18(19)20/h7-9,11-12,17H,4-6,10H2,1-3H3. The zero-order valence-electron chi connectivity index (χ0n) is 12.4. The molecule has 1 N–H and O–H groups in total. The van der Waals surface area contributed by atoms with Crippen LogP contribution in [-0.4, -0.2) is 11.0 Å². The summed E-state index contributed by atoms with van der Waals surface area (Å²) in [5.74, 6) is 0.722. The lowest BCUT2D eigenvalue weighted by atomic mass is 10.0. The molecular weight excluding hydrogens is 276 g/mol. The second kappa shape index (κ2) is 8.22. The van der Waals surface area contributed by atoms with E-state index in [-0.39, 0.29) is 10.6 Å². The van der Waals surface area contributed by atoms with Gasteiger partial charge in [-0.1, -0.05) is 38.3 Å². The number of benzene rings is 1. The maximum absolute atomic E-state index is 11.0. The Labute approximate surface area is 125 Å². The maximum Gasteiger partial charge on any atom is 0.275 e. The molecule has 112 valence electrons. The van der Waals surface area contributed by atoms with E-state index in [1.807, 2.05) is 0 Å². The van der Waals surface area contributed by atoms with Crippen LogP contribution >= 0.6 is 11.6 Å². The van der Waals surface area contributed by atoms with Crippen LogP contribution in [0.3, 0.4) is 0 Å². The van der Waals surface area contributed by atoms with Gasteiger partial charge >= 0.3 is 0 Å². The fourth-order valence-corrected chi connectivity index (χ4v) is 2.24. The molecule has 1 aromatic rings. The van der Waals surface area contributed by atoms with Crippen molar-refractivity contribution in [1.82, 2.24) is 5.32 Å². The van der Waals surface area contributed by atoms with Gasteiger partial charge in [0.15, 0.2) is 0 Å². The van der Waals surface area contributed by atoms with Crippen LogP contribution in [0.15, 0.2) is 18.2 Å². The number of hydrogen-bond acceptors (Lipinski definition) is 3. The third-order valence-electron chi connectivity index (χ3n) is 3.30. The van der Waals surface area contributed by atoms with Gasteiger partial charge in [-0.05, 0) is 31.4 Å². The fraction of sp³-hybridized carbons (Fsp3) is 0.600. The monoisotopic (exact) mass is 298 g/mol. The van der Waals surface area contributed by atoms with Crippen molar-refractivity contribution in [2.75, 3.05) is 0 Å². The van der Waals surface area contributed by atoms with Gasteiger partial charge in [-0.3, -0.25) is 10.1 Å². The van der Waals surface area contributed by atoms with Crippen molar-refractivity contribution in [3.8, 4) is 0 Å². The lowest BCUT2D eigenvalue weighted by molar-refractivity contribution is -0.385.